The van der Waals surface area contributed by atoms with E-state index in [-0.39, 0.29) is 0 Å². The summed E-state index contributed by atoms with van der Waals surface area (Å²) in [5, 5.41) is 13.1. The van der Waals surface area contributed by atoms with E-state index < -0.39 is 11.7 Å². The molecule has 0 N–H and O–H groups in total. The van der Waals surface area contributed by atoms with Crippen molar-refractivity contribution in [3.63, 3.8) is 0 Å². The summed E-state index contributed by atoms with van der Waals surface area (Å²) in [6.07, 6.45) is -0.673. The largest absolute Gasteiger partial charge is 0.497 e. The Labute approximate surface area is 315 Å². The highest BCUT2D eigenvalue weighted by molar-refractivity contribution is 5.79. The Morgan fingerprint density at radius 1 is 0.444 bits per heavy atom. The first-order valence-electron chi connectivity index (χ1n) is 17.4. The molecule has 9 heteroatoms. The first kappa shape index (κ1) is 38.9. The zero-order valence-electron chi connectivity index (χ0n) is 30.3. The topological polar surface area (TPSA) is 49.7 Å². The lowest BCUT2D eigenvalue weighted by molar-refractivity contribution is -0.137. The molecule has 0 fully saturated rings. The summed E-state index contributed by atoms with van der Waals surface area (Å²) in [7, 11) is 3.35. The molecule has 0 heterocycles. The molecular weight excluding hydrogens is 686 g/mol. The van der Waals surface area contributed by atoms with Gasteiger partial charge < -0.3 is 9.47 Å². The number of methoxy groups -OCH3 is 2. The maximum absolute atomic E-state index is 12.7. The van der Waals surface area contributed by atoms with Gasteiger partial charge in [0.05, 0.1) is 58.4 Å². The maximum atomic E-state index is 12.7. The molecule has 0 aliphatic heterocycles. The predicted octanol–water partition coefficient (Wildman–Crippen LogP) is 10.5. The monoisotopic (exact) mass is 728 g/mol. The van der Waals surface area contributed by atoms with Crippen molar-refractivity contribution in [2.24, 2.45) is 10.2 Å². The van der Waals surface area contributed by atoms with Gasteiger partial charge in [-0.3, -0.25) is 10.0 Å². The molecule has 0 aromatic heterocycles. The van der Waals surface area contributed by atoms with Crippen LogP contribution in [0.4, 0.5) is 13.2 Å². The van der Waals surface area contributed by atoms with Gasteiger partial charge in [0.15, 0.2) is 0 Å². The fourth-order valence-corrected chi connectivity index (χ4v) is 5.34. The average molecular weight is 729 g/mol. The Morgan fingerprint density at radius 2 is 0.759 bits per heavy atom. The maximum Gasteiger partial charge on any atom is 0.416 e. The number of rotatable bonds is 14. The lowest BCUT2D eigenvalue weighted by Gasteiger charge is -2.20. The van der Waals surface area contributed by atoms with Crippen LogP contribution in [0.2, 0.25) is 0 Å². The van der Waals surface area contributed by atoms with Crippen LogP contribution in [0, 0.1) is 0 Å². The lowest BCUT2D eigenvalue weighted by Crippen LogP contribution is -2.17. The molecule has 0 unspecified atom stereocenters. The van der Waals surface area contributed by atoms with E-state index in [4.69, 9.17) is 14.6 Å². The van der Waals surface area contributed by atoms with Crippen LogP contribution in [0.15, 0.2) is 174 Å². The number of hydrogen-bond acceptors (Lipinski definition) is 6. The summed E-state index contributed by atoms with van der Waals surface area (Å²) in [5.41, 5.74) is 5.59. The summed E-state index contributed by atoms with van der Waals surface area (Å²) in [4.78, 5) is 0. The number of ether oxygens (including phenoxy) is 2. The summed E-state index contributed by atoms with van der Waals surface area (Å²) in [6.45, 7) is 2.39. The van der Waals surface area contributed by atoms with Crippen molar-refractivity contribution in [3.05, 3.63) is 203 Å². The van der Waals surface area contributed by atoms with Gasteiger partial charge in [-0.25, -0.2) is 0 Å². The number of benzene rings is 6. The molecule has 54 heavy (non-hydrogen) atoms. The van der Waals surface area contributed by atoms with Crippen LogP contribution < -0.4 is 9.47 Å². The molecule has 0 saturated carbocycles. The molecular formula is C45H43F3N4O2. The van der Waals surface area contributed by atoms with Gasteiger partial charge in [0.25, 0.3) is 0 Å². The van der Waals surface area contributed by atoms with Crippen molar-refractivity contribution in [1.29, 1.82) is 0 Å². The molecule has 276 valence electrons. The molecule has 6 aromatic carbocycles. The zero-order chi connectivity index (χ0) is 38.0. The summed E-state index contributed by atoms with van der Waals surface area (Å²) < 4.78 is 48.7. The fourth-order valence-electron chi connectivity index (χ4n) is 5.34. The van der Waals surface area contributed by atoms with Crippen LogP contribution in [-0.4, -0.2) is 36.7 Å². The van der Waals surface area contributed by atoms with Crippen molar-refractivity contribution >= 4 is 12.4 Å². The molecule has 0 amide bonds. The molecule has 6 aromatic rings. The normalized spacial score (nSPS) is 11.2. The van der Waals surface area contributed by atoms with Crippen LogP contribution in [0.25, 0.3) is 0 Å². The number of halogens is 3. The highest BCUT2D eigenvalue weighted by Crippen LogP contribution is 2.29. The van der Waals surface area contributed by atoms with E-state index in [1.807, 2.05) is 126 Å². The average Bonchev–Trinajstić information content (AvgIpc) is 3.21. The van der Waals surface area contributed by atoms with Gasteiger partial charge in [0.2, 0.25) is 0 Å². The van der Waals surface area contributed by atoms with E-state index in [0.29, 0.717) is 26.2 Å². The van der Waals surface area contributed by atoms with Crippen LogP contribution >= 0.6 is 0 Å². The van der Waals surface area contributed by atoms with Crippen molar-refractivity contribution < 1.29 is 22.6 Å². The van der Waals surface area contributed by atoms with E-state index >= 15 is 0 Å². The van der Waals surface area contributed by atoms with Gasteiger partial charge >= 0.3 is 6.18 Å². The SMILES string of the molecule is COc1ccc(CN(Cc2ccc(OC)cc2)/N=C/c2ccccc2)cc1.FC(F)(F)c1ccc(CN(Cc2ccccc2)/N=C/c2ccccc2)cc1. The standard InChI is InChI=1S/C23H24N2O2.C22H19F3N2/c1-26-22-12-8-20(9-13-22)17-25(24-16-19-6-4-3-5-7-19)18-21-10-14-23(27-2)15-11-21;23-22(24,25)21-13-11-20(12-14-21)17-27(16-19-9-5-2-6-10-19)26-15-18-7-3-1-4-8-18/h3-16H,17-18H2,1-2H3;1-15H,16-17H2/b24-16+;26-15+. The fraction of sp³-hybridized carbons (Fsp3) is 0.156. The van der Waals surface area contributed by atoms with E-state index in [2.05, 4.69) is 34.4 Å². The molecule has 0 aliphatic carbocycles. The predicted molar refractivity (Wildman–Crippen MR) is 210 cm³/mol. The van der Waals surface area contributed by atoms with Gasteiger partial charge in [-0.05, 0) is 69.8 Å². The summed E-state index contributed by atoms with van der Waals surface area (Å²) in [6, 6.07) is 51.0. The van der Waals surface area contributed by atoms with Crippen molar-refractivity contribution in [2.75, 3.05) is 14.2 Å². The third-order valence-electron chi connectivity index (χ3n) is 8.24. The van der Waals surface area contributed by atoms with Crippen LogP contribution in [0.3, 0.4) is 0 Å². The third kappa shape index (κ3) is 13.0. The highest BCUT2D eigenvalue weighted by Gasteiger charge is 2.30. The van der Waals surface area contributed by atoms with E-state index in [0.717, 1.165) is 45.9 Å². The van der Waals surface area contributed by atoms with Gasteiger partial charge in [0, 0.05) is 0 Å². The van der Waals surface area contributed by atoms with Crippen LogP contribution in [-0.2, 0) is 32.4 Å². The summed E-state index contributed by atoms with van der Waals surface area (Å²) >= 11 is 0. The Morgan fingerprint density at radius 3 is 1.09 bits per heavy atom. The molecule has 6 nitrogen and oxygen atoms in total. The van der Waals surface area contributed by atoms with Crippen LogP contribution in [0.1, 0.15) is 38.9 Å². The minimum Gasteiger partial charge on any atom is -0.497 e. The number of hydrazone groups is 2. The van der Waals surface area contributed by atoms with Crippen molar-refractivity contribution in [2.45, 2.75) is 32.4 Å². The van der Waals surface area contributed by atoms with Crippen LogP contribution in [0.5, 0.6) is 11.5 Å². The smallest absolute Gasteiger partial charge is 0.416 e. The zero-order valence-corrected chi connectivity index (χ0v) is 30.3. The molecule has 0 saturated heterocycles. The Bertz CT molecular complexity index is 1960. The first-order valence-corrected chi connectivity index (χ1v) is 17.4. The second-order valence-electron chi connectivity index (χ2n) is 12.3. The number of nitrogens with zero attached hydrogens (tertiary/aromatic N) is 4. The van der Waals surface area contributed by atoms with E-state index in [9.17, 15) is 13.2 Å². The quantitative estimate of drug-likeness (QED) is 0.0828. The van der Waals surface area contributed by atoms with Gasteiger partial charge in [-0.1, -0.05) is 127 Å². The molecule has 0 bridgehead atoms. The molecule has 0 radical (unpaired) electrons. The number of hydrogen-bond donors (Lipinski definition) is 0. The first-order chi connectivity index (χ1) is 26.3. The van der Waals surface area contributed by atoms with Crippen molar-refractivity contribution in [3.8, 4) is 11.5 Å². The van der Waals surface area contributed by atoms with E-state index in [1.54, 1.807) is 20.4 Å². The minimum atomic E-state index is -4.33. The Kier molecular flexibility index (Phi) is 14.4. The van der Waals surface area contributed by atoms with Crippen molar-refractivity contribution in [1.82, 2.24) is 10.0 Å². The minimum absolute atomic E-state index is 0.413. The molecule has 6 rings (SSSR count). The highest BCUT2D eigenvalue weighted by atomic mass is 19.4. The third-order valence-corrected chi connectivity index (χ3v) is 8.24. The summed E-state index contributed by atoms with van der Waals surface area (Å²) in [5.74, 6) is 1.71. The van der Waals surface area contributed by atoms with Gasteiger partial charge in [0.1, 0.15) is 11.5 Å². The molecule has 0 aliphatic rings. The lowest BCUT2D eigenvalue weighted by atomic mass is 10.1. The Balaban J connectivity index is 0.000000208. The second kappa shape index (κ2) is 20.0. The molecule has 0 atom stereocenters. The molecule has 0 spiro atoms. The van der Waals surface area contributed by atoms with E-state index in [1.165, 1.54) is 23.3 Å². The Hall–Kier alpha value is -6.35. The number of alkyl halides is 3. The van der Waals surface area contributed by atoms with Gasteiger partial charge in [-0.2, -0.15) is 23.4 Å². The van der Waals surface area contributed by atoms with Gasteiger partial charge in [-0.15, -0.1) is 0 Å². The second-order valence-corrected chi connectivity index (χ2v) is 12.3.